The van der Waals surface area contributed by atoms with Crippen molar-refractivity contribution in [3.63, 3.8) is 0 Å². The number of allylic oxidation sites excluding steroid dienone is 1. The van der Waals surface area contributed by atoms with Crippen molar-refractivity contribution >= 4 is 5.97 Å². The Morgan fingerprint density at radius 3 is 2.86 bits per heavy atom. The van der Waals surface area contributed by atoms with Crippen LogP contribution >= 0.6 is 0 Å². The van der Waals surface area contributed by atoms with Crippen molar-refractivity contribution < 1.29 is 14.3 Å². The van der Waals surface area contributed by atoms with Gasteiger partial charge in [0.15, 0.2) is 0 Å². The molecule has 2 aliphatic heterocycles. The van der Waals surface area contributed by atoms with E-state index in [4.69, 9.17) is 9.47 Å². The first-order valence-electron chi connectivity index (χ1n) is 4.89. The molecule has 0 N–H and O–H groups in total. The molecule has 0 bridgehead atoms. The maximum Gasteiger partial charge on any atom is 0.338 e. The highest BCUT2D eigenvalue weighted by atomic mass is 16.6. The van der Waals surface area contributed by atoms with Crippen LogP contribution in [0.2, 0.25) is 0 Å². The van der Waals surface area contributed by atoms with Crippen molar-refractivity contribution in [3.05, 3.63) is 23.3 Å². The Morgan fingerprint density at radius 2 is 2.29 bits per heavy atom. The summed E-state index contributed by atoms with van der Waals surface area (Å²) in [6.07, 6.45) is 5.13. The third kappa shape index (κ3) is 1.73. The van der Waals surface area contributed by atoms with Gasteiger partial charge >= 0.3 is 5.97 Å². The molecular weight excluding hydrogens is 180 g/mol. The van der Waals surface area contributed by atoms with Crippen molar-refractivity contribution in [2.45, 2.75) is 32.5 Å². The standard InChI is InChI=1S/C11H14O3/c1-3-4-9-8(6-13-11(9)12)5-10-7(2)14-10/h3-4,7,10H,5-6H2,1-2H3/b4-3+/t7-,10-/m1/s1. The minimum absolute atomic E-state index is 0.202. The van der Waals surface area contributed by atoms with Crippen LogP contribution in [-0.2, 0) is 14.3 Å². The van der Waals surface area contributed by atoms with Gasteiger partial charge in [-0.15, -0.1) is 0 Å². The molecule has 76 valence electrons. The summed E-state index contributed by atoms with van der Waals surface area (Å²) in [7, 11) is 0. The summed E-state index contributed by atoms with van der Waals surface area (Å²) in [6, 6.07) is 0. The maximum atomic E-state index is 11.3. The zero-order valence-corrected chi connectivity index (χ0v) is 8.45. The second kappa shape index (κ2) is 3.58. The van der Waals surface area contributed by atoms with Gasteiger partial charge < -0.3 is 9.47 Å². The molecule has 0 aliphatic carbocycles. The largest absolute Gasteiger partial charge is 0.458 e. The number of cyclic esters (lactones) is 1. The molecule has 0 saturated carbocycles. The predicted octanol–water partition coefficient (Wildman–Crippen LogP) is 1.59. The van der Waals surface area contributed by atoms with Gasteiger partial charge in [-0.1, -0.05) is 12.2 Å². The number of carbonyl (C=O) groups excluding carboxylic acids is 1. The van der Waals surface area contributed by atoms with Crippen LogP contribution < -0.4 is 0 Å². The lowest BCUT2D eigenvalue weighted by atomic mass is 10.0. The fourth-order valence-corrected chi connectivity index (χ4v) is 1.66. The minimum Gasteiger partial charge on any atom is -0.458 e. The molecule has 0 aromatic heterocycles. The quantitative estimate of drug-likeness (QED) is 0.506. The average Bonchev–Trinajstić information content (AvgIpc) is 2.74. The summed E-state index contributed by atoms with van der Waals surface area (Å²) in [6.45, 7) is 4.37. The number of rotatable bonds is 3. The number of carbonyl (C=O) groups is 1. The molecule has 0 aromatic rings. The number of hydrogen-bond acceptors (Lipinski definition) is 3. The van der Waals surface area contributed by atoms with Crippen LogP contribution in [0, 0.1) is 0 Å². The van der Waals surface area contributed by atoms with Gasteiger partial charge in [0.2, 0.25) is 0 Å². The number of epoxide rings is 1. The predicted molar refractivity (Wildman–Crippen MR) is 51.8 cm³/mol. The van der Waals surface area contributed by atoms with E-state index in [1.807, 2.05) is 26.0 Å². The molecule has 3 heteroatoms. The van der Waals surface area contributed by atoms with Gasteiger partial charge in [0, 0.05) is 6.42 Å². The third-order valence-corrected chi connectivity index (χ3v) is 2.60. The molecule has 1 saturated heterocycles. The molecule has 2 aliphatic rings. The van der Waals surface area contributed by atoms with Gasteiger partial charge in [-0.05, 0) is 19.4 Å². The first kappa shape index (κ1) is 9.46. The summed E-state index contributed by atoms with van der Waals surface area (Å²) in [5.74, 6) is -0.202. The van der Waals surface area contributed by atoms with E-state index >= 15 is 0 Å². The fraction of sp³-hybridized carbons (Fsp3) is 0.545. The summed E-state index contributed by atoms with van der Waals surface area (Å²) < 4.78 is 10.3. The molecule has 0 radical (unpaired) electrons. The molecule has 0 aromatic carbocycles. The summed E-state index contributed by atoms with van der Waals surface area (Å²) in [5.41, 5.74) is 1.79. The number of ether oxygens (including phenoxy) is 2. The van der Waals surface area contributed by atoms with Crippen molar-refractivity contribution in [3.8, 4) is 0 Å². The molecule has 2 rings (SSSR count). The van der Waals surface area contributed by atoms with Crippen LogP contribution in [0.5, 0.6) is 0 Å². The minimum atomic E-state index is -0.202. The monoisotopic (exact) mass is 194 g/mol. The second-order valence-corrected chi connectivity index (χ2v) is 3.68. The number of hydrogen-bond donors (Lipinski definition) is 0. The smallest absolute Gasteiger partial charge is 0.338 e. The first-order chi connectivity index (χ1) is 6.72. The SMILES string of the molecule is C/C=C/C1=C(C[C@H]2O[C@@H]2C)COC1=O. The average molecular weight is 194 g/mol. The van der Waals surface area contributed by atoms with E-state index in [0.29, 0.717) is 18.8 Å². The highest BCUT2D eigenvalue weighted by molar-refractivity contribution is 5.94. The van der Waals surface area contributed by atoms with E-state index in [1.165, 1.54) is 0 Å². The molecule has 1 fully saturated rings. The lowest BCUT2D eigenvalue weighted by molar-refractivity contribution is -0.135. The maximum absolute atomic E-state index is 11.3. The van der Waals surface area contributed by atoms with Crippen LogP contribution in [0.15, 0.2) is 23.3 Å². The summed E-state index contributed by atoms with van der Waals surface area (Å²) in [5, 5.41) is 0. The van der Waals surface area contributed by atoms with Crippen LogP contribution in [-0.4, -0.2) is 24.8 Å². The van der Waals surface area contributed by atoms with E-state index in [1.54, 1.807) is 0 Å². The molecule has 0 amide bonds. The Kier molecular flexibility index (Phi) is 2.42. The van der Waals surface area contributed by atoms with Gasteiger partial charge in [-0.25, -0.2) is 4.79 Å². The van der Waals surface area contributed by atoms with Crippen molar-refractivity contribution in [2.75, 3.05) is 6.61 Å². The molecule has 2 heterocycles. The van der Waals surface area contributed by atoms with Crippen molar-refractivity contribution in [1.82, 2.24) is 0 Å². The topological polar surface area (TPSA) is 38.8 Å². The molecule has 14 heavy (non-hydrogen) atoms. The highest BCUT2D eigenvalue weighted by Crippen LogP contribution is 2.31. The Morgan fingerprint density at radius 1 is 1.57 bits per heavy atom. The van der Waals surface area contributed by atoms with Gasteiger partial charge in [-0.3, -0.25) is 0 Å². The molecular formula is C11H14O3. The van der Waals surface area contributed by atoms with Crippen LogP contribution in [0.4, 0.5) is 0 Å². The van der Waals surface area contributed by atoms with E-state index in [9.17, 15) is 4.79 Å². The summed E-state index contributed by atoms with van der Waals surface area (Å²) in [4.78, 5) is 11.3. The Bertz CT molecular complexity index is 314. The Labute approximate surface area is 83.4 Å². The van der Waals surface area contributed by atoms with E-state index in [2.05, 4.69) is 0 Å². The van der Waals surface area contributed by atoms with E-state index in [0.717, 1.165) is 17.6 Å². The number of esters is 1. The van der Waals surface area contributed by atoms with Crippen molar-refractivity contribution in [1.29, 1.82) is 0 Å². The first-order valence-corrected chi connectivity index (χ1v) is 4.89. The molecule has 2 atom stereocenters. The zero-order chi connectivity index (χ0) is 10.1. The van der Waals surface area contributed by atoms with Crippen LogP contribution in [0.3, 0.4) is 0 Å². The van der Waals surface area contributed by atoms with E-state index < -0.39 is 0 Å². The Hall–Kier alpha value is -1.09. The fourth-order valence-electron chi connectivity index (χ4n) is 1.66. The lowest BCUT2D eigenvalue weighted by Gasteiger charge is -1.96. The lowest BCUT2D eigenvalue weighted by Crippen LogP contribution is -1.96. The zero-order valence-electron chi connectivity index (χ0n) is 8.45. The third-order valence-electron chi connectivity index (χ3n) is 2.60. The van der Waals surface area contributed by atoms with Gasteiger partial charge in [0.1, 0.15) is 6.61 Å². The normalized spacial score (nSPS) is 31.4. The molecule has 0 spiro atoms. The van der Waals surface area contributed by atoms with Crippen molar-refractivity contribution in [2.24, 2.45) is 0 Å². The summed E-state index contributed by atoms with van der Waals surface area (Å²) >= 11 is 0. The van der Waals surface area contributed by atoms with Gasteiger partial charge in [0.25, 0.3) is 0 Å². The van der Waals surface area contributed by atoms with Gasteiger partial charge in [-0.2, -0.15) is 0 Å². The molecule has 3 nitrogen and oxygen atoms in total. The molecule has 0 unspecified atom stereocenters. The van der Waals surface area contributed by atoms with E-state index in [-0.39, 0.29) is 5.97 Å². The van der Waals surface area contributed by atoms with Crippen LogP contribution in [0.25, 0.3) is 0 Å². The Balaban J connectivity index is 2.09. The van der Waals surface area contributed by atoms with Crippen LogP contribution in [0.1, 0.15) is 20.3 Å². The van der Waals surface area contributed by atoms with Gasteiger partial charge in [0.05, 0.1) is 17.8 Å². The highest BCUT2D eigenvalue weighted by Gasteiger charge is 2.37. The second-order valence-electron chi connectivity index (χ2n) is 3.68.